The minimum absolute atomic E-state index is 0.193. The second-order valence-corrected chi connectivity index (χ2v) is 7.72. The zero-order valence-corrected chi connectivity index (χ0v) is 13.0. The van der Waals surface area contributed by atoms with E-state index in [0.717, 1.165) is 31.2 Å². The summed E-state index contributed by atoms with van der Waals surface area (Å²) < 4.78 is 24.2. The molecule has 0 bridgehead atoms. The van der Waals surface area contributed by atoms with Crippen LogP contribution in [0, 0.1) is 0 Å². The molecule has 1 saturated carbocycles. The van der Waals surface area contributed by atoms with Crippen LogP contribution >= 0.6 is 0 Å². The van der Waals surface area contributed by atoms with Crippen LogP contribution in [0.2, 0.25) is 0 Å². The molecule has 1 aliphatic rings. The summed E-state index contributed by atoms with van der Waals surface area (Å²) in [5.41, 5.74) is 1.44. The van der Waals surface area contributed by atoms with Crippen molar-refractivity contribution in [3.63, 3.8) is 0 Å². The first kappa shape index (κ1) is 15.1. The highest BCUT2D eigenvalue weighted by atomic mass is 32.2. The third-order valence-electron chi connectivity index (χ3n) is 4.16. The third-order valence-corrected chi connectivity index (χ3v) is 5.30. The number of aromatic amines is 1. The Morgan fingerprint density at radius 3 is 2.55 bits per heavy atom. The van der Waals surface area contributed by atoms with Crippen molar-refractivity contribution >= 4 is 9.84 Å². The lowest BCUT2D eigenvalue weighted by molar-refractivity contribution is 0.122. The molecule has 1 heterocycles. The largest absolute Gasteiger partial charge is 0.393 e. The van der Waals surface area contributed by atoms with Gasteiger partial charge in [-0.05, 0) is 48.4 Å². The number of aliphatic hydroxyl groups is 1. The second kappa shape index (κ2) is 5.77. The molecular formula is C14H18N4O3S. The van der Waals surface area contributed by atoms with Gasteiger partial charge in [0, 0.05) is 11.8 Å². The lowest BCUT2D eigenvalue weighted by atomic mass is 9.81. The van der Waals surface area contributed by atoms with E-state index >= 15 is 0 Å². The molecule has 0 atom stereocenters. The fourth-order valence-electron chi connectivity index (χ4n) is 3.09. The lowest BCUT2D eigenvalue weighted by Gasteiger charge is -2.27. The van der Waals surface area contributed by atoms with Gasteiger partial charge in [0.05, 0.1) is 11.0 Å². The molecule has 2 aromatic rings. The summed E-state index contributed by atoms with van der Waals surface area (Å²) in [5.74, 6) is 0.487. The normalized spacial score (nSPS) is 22.6. The highest BCUT2D eigenvalue weighted by Crippen LogP contribution is 2.39. The molecule has 0 saturated heterocycles. The zero-order chi connectivity index (χ0) is 15.7. The summed E-state index contributed by atoms with van der Waals surface area (Å²) in [4.78, 5) is 0.220. The molecule has 1 aromatic carbocycles. The van der Waals surface area contributed by atoms with Crippen LogP contribution < -0.4 is 0 Å². The van der Waals surface area contributed by atoms with Gasteiger partial charge < -0.3 is 5.11 Å². The van der Waals surface area contributed by atoms with Crippen molar-refractivity contribution in [2.75, 3.05) is 6.26 Å². The number of benzene rings is 1. The minimum atomic E-state index is -3.40. The number of tetrazole rings is 1. The maximum Gasteiger partial charge on any atom is 0.206 e. The summed E-state index contributed by atoms with van der Waals surface area (Å²) in [6.45, 7) is 0. The Kier molecular flexibility index (Phi) is 3.96. The van der Waals surface area contributed by atoms with Gasteiger partial charge in [-0.15, -0.1) is 10.2 Å². The number of nitrogens with zero attached hydrogens (tertiary/aromatic N) is 3. The zero-order valence-electron chi connectivity index (χ0n) is 12.2. The van der Waals surface area contributed by atoms with Crippen LogP contribution in [0.5, 0.6) is 0 Å². The summed E-state index contributed by atoms with van der Waals surface area (Å²) in [6.07, 6.45) is 4.00. The van der Waals surface area contributed by atoms with Crippen molar-refractivity contribution in [1.82, 2.24) is 20.6 Å². The van der Waals surface area contributed by atoms with E-state index in [1.807, 2.05) is 6.07 Å². The summed E-state index contributed by atoms with van der Waals surface area (Å²) in [6, 6.07) is 5.24. The van der Waals surface area contributed by atoms with Gasteiger partial charge in [0.25, 0.3) is 0 Å². The predicted octanol–water partition coefficient (Wildman–Crippen LogP) is 1.29. The van der Waals surface area contributed by atoms with Crippen molar-refractivity contribution in [2.24, 2.45) is 0 Å². The molecule has 7 nitrogen and oxygen atoms in total. The number of aromatic nitrogens is 4. The summed E-state index contributed by atoms with van der Waals surface area (Å²) >= 11 is 0. The lowest BCUT2D eigenvalue weighted by Crippen LogP contribution is -2.18. The Labute approximate surface area is 128 Å². The summed E-state index contributed by atoms with van der Waals surface area (Å²) in [5, 5.41) is 23.5. The average molecular weight is 322 g/mol. The van der Waals surface area contributed by atoms with Crippen molar-refractivity contribution in [2.45, 2.75) is 42.6 Å². The molecule has 0 spiro atoms. The van der Waals surface area contributed by atoms with E-state index in [1.54, 1.807) is 12.1 Å². The van der Waals surface area contributed by atoms with Gasteiger partial charge in [-0.2, -0.15) is 5.21 Å². The quantitative estimate of drug-likeness (QED) is 0.881. The van der Waals surface area contributed by atoms with Crippen LogP contribution in [0.4, 0.5) is 0 Å². The number of H-pyrrole nitrogens is 1. The van der Waals surface area contributed by atoms with Gasteiger partial charge in [-0.1, -0.05) is 12.1 Å². The van der Waals surface area contributed by atoms with Crippen molar-refractivity contribution < 1.29 is 13.5 Å². The Morgan fingerprint density at radius 2 is 1.95 bits per heavy atom. The molecule has 0 unspecified atom stereocenters. The van der Waals surface area contributed by atoms with Gasteiger partial charge in [0.2, 0.25) is 5.82 Å². The van der Waals surface area contributed by atoms with Crippen LogP contribution in [0.25, 0.3) is 11.4 Å². The van der Waals surface area contributed by atoms with Gasteiger partial charge in [-0.3, -0.25) is 0 Å². The van der Waals surface area contributed by atoms with Crippen LogP contribution in [0.1, 0.15) is 37.2 Å². The first-order valence-electron chi connectivity index (χ1n) is 7.21. The monoisotopic (exact) mass is 322 g/mol. The molecular weight excluding hydrogens is 304 g/mol. The fourth-order valence-corrected chi connectivity index (χ4v) is 4.00. The molecule has 118 valence electrons. The Hall–Kier alpha value is -1.80. The van der Waals surface area contributed by atoms with E-state index in [1.165, 1.54) is 6.26 Å². The minimum Gasteiger partial charge on any atom is -0.393 e. The van der Waals surface area contributed by atoms with Crippen molar-refractivity contribution in [1.29, 1.82) is 0 Å². The SMILES string of the molecule is CS(=O)(=O)c1cccc(C2CCC(O)CC2)c1-c1nn[nH]n1. The topological polar surface area (TPSA) is 109 Å². The molecule has 8 heteroatoms. The standard InChI is InChI=1S/C14H18N4O3S/c1-22(20,21)12-4-2-3-11(9-5-7-10(19)8-6-9)13(12)14-15-17-18-16-14/h2-4,9-10,19H,5-8H2,1H3,(H,15,16,17,18). The first-order chi connectivity index (χ1) is 10.5. The van der Waals surface area contributed by atoms with E-state index in [4.69, 9.17) is 0 Å². The summed E-state index contributed by atoms with van der Waals surface area (Å²) in [7, 11) is -3.40. The molecule has 1 fully saturated rings. The van der Waals surface area contributed by atoms with Crippen LogP contribution in [-0.2, 0) is 9.84 Å². The molecule has 1 aromatic heterocycles. The van der Waals surface area contributed by atoms with Crippen LogP contribution in [0.3, 0.4) is 0 Å². The fraction of sp³-hybridized carbons (Fsp3) is 0.500. The first-order valence-corrected chi connectivity index (χ1v) is 9.11. The van der Waals surface area contributed by atoms with Crippen LogP contribution in [-0.4, -0.2) is 46.5 Å². The smallest absolute Gasteiger partial charge is 0.206 e. The number of sulfone groups is 1. The average Bonchev–Trinajstić information content (AvgIpc) is 3.00. The van der Waals surface area contributed by atoms with Crippen molar-refractivity contribution in [3.05, 3.63) is 23.8 Å². The molecule has 0 amide bonds. The second-order valence-electron chi connectivity index (χ2n) is 5.73. The van der Waals surface area contributed by atoms with Crippen LogP contribution in [0.15, 0.2) is 23.1 Å². The molecule has 22 heavy (non-hydrogen) atoms. The van der Waals surface area contributed by atoms with Crippen molar-refractivity contribution in [3.8, 4) is 11.4 Å². The van der Waals surface area contributed by atoms with Gasteiger partial charge in [0.1, 0.15) is 0 Å². The van der Waals surface area contributed by atoms with E-state index in [0.29, 0.717) is 11.4 Å². The number of rotatable bonds is 3. The van der Waals surface area contributed by atoms with E-state index in [9.17, 15) is 13.5 Å². The number of nitrogens with one attached hydrogen (secondary N) is 1. The Morgan fingerprint density at radius 1 is 1.23 bits per heavy atom. The predicted molar refractivity (Wildman–Crippen MR) is 79.9 cm³/mol. The number of hydrogen-bond acceptors (Lipinski definition) is 6. The number of aliphatic hydroxyl groups excluding tert-OH is 1. The maximum atomic E-state index is 12.1. The molecule has 0 aliphatic heterocycles. The maximum absolute atomic E-state index is 12.1. The third kappa shape index (κ3) is 2.89. The van der Waals surface area contributed by atoms with Gasteiger partial charge >= 0.3 is 0 Å². The number of hydrogen-bond donors (Lipinski definition) is 2. The highest BCUT2D eigenvalue weighted by molar-refractivity contribution is 7.90. The Bertz CT molecular complexity index is 750. The van der Waals surface area contributed by atoms with E-state index < -0.39 is 9.84 Å². The molecule has 2 N–H and O–H groups in total. The van der Waals surface area contributed by atoms with E-state index in [-0.39, 0.29) is 16.9 Å². The Balaban J connectivity index is 2.14. The van der Waals surface area contributed by atoms with E-state index in [2.05, 4.69) is 20.6 Å². The van der Waals surface area contributed by atoms with Gasteiger partial charge in [0.15, 0.2) is 9.84 Å². The highest BCUT2D eigenvalue weighted by Gasteiger charge is 2.28. The molecule has 0 radical (unpaired) electrons. The van der Waals surface area contributed by atoms with Gasteiger partial charge in [-0.25, -0.2) is 8.42 Å². The molecule has 1 aliphatic carbocycles. The molecule has 3 rings (SSSR count).